The number of nitrogens with zero attached hydrogens (tertiary/aromatic N) is 1. The lowest BCUT2D eigenvalue weighted by Crippen LogP contribution is -2.45. The SMILES string of the molecule is Cl.Oc1c(Cl)cc(Cl)cc1[C@@H](CCC(F)(F)F)N1CCNCC1. The fraction of sp³-hybridized carbons (Fsp3) is 0.571. The van der Waals surface area contributed by atoms with E-state index in [9.17, 15) is 18.3 Å². The molecule has 1 heterocycles. The summed E-state index contributed by atoms with van der Waals surface area (Å²) < 4.78 is 37.8. The van der Waals surface area contributed by atoms with Crippen LogP contribution in [0.4, 0.5) is 13.2 Å². The Morgan fingerprint density at radius 1 is 1.22 bits per heavy atom. The summed E-state index contributed by atoms with van der Waals surface area (Å²) in [5.74, 6) is -0.197. The van der Waals surface area contributed by atoms with E-state index in [2.05, 4.69) is 5.32 Å². The van der Waals surface area contributed by atoms with Crippen molar-refractivity contribution < 1.29 is 18.3 Å². The zero-order chi connectivity index (χ0) is 16.3. The summed E-state index contributed by atoms with van der Waals surface area (Å²) in [6.45, 7) is 2.59. The molecule has 9 heteroatoms. The minimum Gasteiger partial charge on any atom is -0.506 e. The Bertz CT molecular complexity index is 523. The average Bonchev–Trinajstić information content (AvgIpc) is 2.44. The fourth-order valence-corrected chi connectivity index (χ4v) is 3.18. The maximum Gasteiger partial charge on any atom is 0.389 e. The molecule has 0 radical (unpaired) electrons. The second kappa shape index (κ2) is 8.62. The van der Waals surface area contributed by atoms with Gasteiger partial charge in [-0.25, -0.2) is 0 Å². The molecule has 1 saturated heterocycles. The first-order valence-electron chi connectivity index (χ1n) is 6.97. The number of benzene rings is 1. The van der Waals surface area contributed by atoms with E-state index in [1.807, 2.05) is 4.90 Å². The molecule has 3 nitrogen and oxygen atoms in total. The molecule has 0 aliphatic carbocycles. The maximum atomic E-state index is 12.6. The van der Waals surface area contributed by atoms with E-state index in [1.165, 1.54) is 12.1 Å². The summed E-state index contributed by atoms with van der Waals surface area (Å²) in [4.78, 5) is 1.92. The minimum atomic E-state index is -4.25. The lowest BCUT2D eigenvalue weighted by molar-refractivity contribution is -0.138. The summed E-state index contributed by atoms with van der Waals surface area (Å²) in [6, 6.07) is 2.30. The van der Waals surface area contributed by atoms with Crippen LogP contribution in [0.15, 0.2) is 12.1 Å². The molecule has 132 valence electrons. The maximum absolute atomic E-state index is 12.6. The Morgan fingerprint density at radius 3 is 2.39 bits per heavy atom. The van der Waals surface area contributed by atoms with E-state index < -0.39 is 18.6 Å². The summed E-state index contributed by atoms with van der Waals surface area (Å²) in [7, 11) is 0. The van der Waals surface area contributed by atoms with Crippen LogP contribution in [0.25, 0.3) is 0 Å². The molecule has 0 bridgehead atoms. The summed E-state index contributed by atoms with van der Waals surface area (Å²) in [5.41, 5.74) is 0.351. The van der Waals surface area contributed by atoms with E-state index in [1.54, 1.807) is 0 Å². The molecule has 0 aromatic heterocycles. The second-order valence-corrected chi connectivity index (χ2v) is 6.12. The summed E-state index contributed by atoms with van der Waals surface area (Å²) >= 11 is 11.9. The zero-order valence-corrected chi connectivity index (χ0v) is 14.5. The van der Waals surface area contributed by atoms with Gasteiger partial charge >= 0.3 is 6.18 Å². The largest absolute Gasteiger partial charge is 0.506 e. The molecule has 0 spiro atoms. The molecule has 23 heavy (non-hydrogen) atoms. The molecule has 1 aliphatic rings. The lowest BCUT2D eigenvalue weighted by atomic mass is 9.98. The highest BCUT2D eigenvalue weighted by atomic mass is 35.5. The predicted molar refractivity (Wildman–Crippen MR) is 87.8 cm³/mol. The number of rotatable bonds is 4. The smallest absolute Gasteiger partial charge is 0.389 e. The minimum absolute atomic E-state index is 0. The topological polar surface area (TPSA) is 35.5 Å². The molecule has 0 saturated carbocycles. The standard InChI is InChI=1S/C14H17Cl2F3N2O.ClH/c15-9-7-10(13(22)11(16)8-9)12(1-2-14(17,18)19)21-5-3-20-4-6-21;/h7-8,12,20,22H,1-6H2;1H/t12-;/m1./s1. The third kappa shape index (κ3) is 5.87. The number of nitrogens with one attached hydrogen (secondary N) is 1. The van der Waals surface area contributed by atoms with E-state index in [4.69, 9.17) is 23.2 Å². The highest BCUT2D eigenvalue weighted by Gasteiger charge is 2.32. The van der Waals surface area contributed by atoms with Gasteiger partial charge in [0.2, 0.25) is 0 Å². The predicted octanol–water partition coefficient (Wildman–Crippen LogP) is 4.41. The van der Waals surface area contributed by atoms with Crippen LogP contribution in [-0.4, -0.2) is 42.4 Å². The van der Waals surface area contributed by atoms with E-state index in [0.717, 1.165) is 0 Å². The van der Waals surface area contributed by atoms with Gasteiger partial charge < -0.3 is 10.4 Å². The molecule has 2 N–H and O–H groups in total. The van der Waals surface area contributed by atoms with Crippen molar-refractivity contribution in [1.82, 2.24) is 10.2 Å². The van der Waals surface area contributed by atoms with Gasteiger partial charge in [-0.05, 0) is 18.6 Å². The van der Waals surface area contributed by atoms with Crippen LogP contribution in [0.3, 0.4) is 0 Å². The Kier molecular flexibility index (Phi) is 7.74. The van der Waals surface area contributed by atoms with Crippen LogP contribution in [0.2, 0.25) is 10.0 Å². The van der Waals surface area contributed by atoms with Gasteiger partial charge in [-0.2, -0.15) is 13.2 Å². The molecule has 1 fully saturated rings. The summed E-state index contributed by atoms with van der Waals surface area (Å²) in [5, 5.41) is 13.6. The number of piperazine rings is 1. The van der Waals surface area contributed by atoms with Crippen LogP contribution >= 0.6 is 35.6 Å². The molecule has 2 rings (SSSR count). The number of phenols is 1. The Hall–Kier alpha value is -0.400. The van der Waals surface area contributed by atoms with Crippen molar-refractivity contribution in [3.63, 3.8) is 0 Å². The molecular weight excluding hydrogens is 376 g/mol. The molecule has 1 aliphatic heterocycles. The molecule has 1 aromatic rings. The van der Waals surface area contributed by atoms with Crippen molar-refractivity contribution in [2.24, 2.45) is 0 Å². The first-order chi connectivity index (χ1) is 10.3. The van der Waals surface area contributed by atoms with Gasteiger partial charge in [0.15, 0.2) is 0 Å². The number of halogens is 6. The molecule has 1 atom stereocenters. The van der Waals surface area contributed by atoms with Crippen molar-refractivity contribution in [2.45, 2.75) is 25.1 Å². The highest BCUT2D eigenvalue weighted by molar-refractivity contribution is 6.35. The molecule has 1 aromatic carbocycles. The van der Waals surface area contributed by atoms with Crippen molar-refractivity contribution in [3.05, 3.63) is 27.7 Å². The highest BCUT2D eigenvalue weighted by Crippen LogP contribution is 2.40. The summed E-state index contributed by atoms with van der Waals surface area (Å²) in [6.07, 6.45) is -5.32. The quantitative estimate of drug-likeness (QED) is 0.795. The molecule has 0 unspecified atom stereocenters. The van der Waals surface area contributed by atoms with E-state index in [-0.39, 0.29) is 29.6 Å². The van der Waals surface area contributed by atoms with Crippen LogP contribution in [0.5, 0.6) is 5.75 Å². The fourth-order valence-electron chi connectivity index (χ4n) is 2.67. The molecular formula is C14H18Cl3F3N2O. The number of hydrogen-bond acceptors (Lipinski definition) is 3. The Morgan fingerprint density at radius 2 is 1.83 bits per heavy atom. The second-order valence-electron chi connectivity index (χ2n) is 5.28. The van der Waals surface area contributed by atoms with Crippen molar-refractivity contribution >= 4 is 35.6 Å². The number of aromatic hydroxyl groups is 1. The van der Waals surface area contributed by atoms with Crippen LogP contribution in [0.1, 0.15) is 24.4 Å². The van der Waals surface area contributed by atoms with Crippen molar-refractivity contribution in [3.8, 4) is 5.75 Å². The van der Waals surface area contributed by atoms with Gasteiger partial charge in [-0.3, -0.25) is 4.90 Å². The van der Waals surface area contributed by atoms with Crippen LogP contribution < -0.4 is 5.32 Å². The van der Waals surface area contributed by atoms with Gasteiger partial charge in [0, 0.05) is 49.2 Å². The number of phenolic OH excluding ortho intramolecular Hbond substituents is 1. The number of alkyl halides is 3. The monoisotopic (exact) mass is 392 g/mol. The first kappa shape index (κ1) is 20.6. The van der Waals surface area contributed by atoms with Gasteiger partial charge in [0.25, 0.3) is 0 Å². The van der Waals surface area contributed by atoms with Crippen LogP contribution in [-0.2, 0) is 0 Å². The van der Waals surface area contributed by atoms with Crippen molar-refractivity contribution in [2.75, 3.05) is 26.2 Å². The zero-order valence-electron chi connectivity index (χ0n) is 12.2. The van der Waals surface area contributed by atoms with E-state index in [0.29, 0.717) is 36.8 Å². The van der Waals surface area contributed by atoms with Gasteiger partial charge in [-0.15, -0.1) is 12.4 Å². The van der Waals surface area contributed by atoms with Crippen LogP contribution in [0, 0.1) is 0 Å². The molecule has 0 amide bonds. The Labute approximate surface area is 149 Å². The normalized spacial score (nSPS) is 17.6. The first-order valence-corrected chi connectivity index (χ1v) is 7.73. The average molecular weight is 394 g/mol. The van der Waals surface area contributed by atoms with Crippen molar-refractivity contribution in [1.29, 1.82) is 0 Å². The number of hydrogen-bond donors (Lipinski definition) is 2. The third-order valence-electron chi connectivity index (χ3n) is 3.71. The van der Waals surface area contributed by atoms with Gasteiger partial charge in [0.1, 0.15) is 5.75 Å². The third-order valence-corrected chi connectivity index (χ3v) is 4.22. The Balaban J connectivity index is 0.00000264. The van der Waals surface area contributed by atoms with E-state index >= 15 is 0 Å². The van der Waals surface area contributed by atoms with Gasteiger partial charge in [0.05, 0.1) is 5.02 Å². The lowest BCUT2D eigenvalue weighted by Gasteiger charge is -2.36. The van der Waals surface area contributed by atoms with Gasteiger partial charge in [-0.1, -0.05) is 23.2 Å².